The van der Waals surface area contributed by atoms with Gasteiger partial charge in [0.1, 0.15) is 0 Å². The second-order valence-corrected chi connectivity index (χ2v) is 11.7. The Morgan fingerprint density at radius 3 is 2.40 bits per heavy atom. The molecule has 5 rings (SSSR count). The van der Waals surface area contributed by atoms with Crippen LogP contribution in [0.25, 0.3) is 27.5 Å². The largest absolute Gasteiger partial charge is 0.476 e. The molecule has 5 aromatic rings. The lowest BCUT2D eigenvalue weighted by atomic mass is 9.93. The van der Waals surface area contributed by atoms with Gasteiger partial charge in [-0.05, 0) is 65.9 Å². The van der Waals surface area contributed by atoms with Gasteiger partial charge in [-0.3, -0.25) is 0 Å². The number of nitrogens with two attached hydrogens (primary N) is 1. The average molecular weight is 570 g/mol. The monoisotopic (exact) mass is 569 g/mol. The van der Waals surface area contributed by atoms with Crippen molar-refractivity contribution in [2.45, 2.75) is 25.2 Å². The molecule has 3 aromatic carbocycles. The molecule has 0 bridgehead atoms. The van der Waals surface area contributed by atoms with E-state index < -0.39 is 16.0 Å². The number of aromatic carboxylic acids is 1. The summed E-state index contributed by atoms with van der Waals surface area (Å²) in [6.07, 6.45) is 2.22. The standard InChI is InChI=1S/C29H23N5O4S2/c1-17-3-7-20(12-22(17)14-30)25-13-21(8-4-18(25)2)27-23(11-19-5-9-24(10-6-19)40(31,37)38)15-34(33-27)29-32-26(16-39-29)28(35)36/h3-10,12-13,15-16H,11H2,1-2H3,(H,35,36)(H2,31,37,38). The molecule has 40 heavy (non-hydrogen) atoms. The molecule has 0 radical (unpaired) electrons. The first kappa shape index (κ1) is 27.0. The predicted octanol–water partition coefficient (Wildman–Crippen LogP) is 5.09. The molecule has 0 saturated heterocycles. The highest BCUT2D eigenvalue weighted by molar-refractivity contribution is 7.89. The Balaban J connectivity index is 1.62. The van der Waals surface area contributed by atoms with Crippen molar-refractivity contribution >= 4 is 27.3 Å². The van der Waals surface area contributed by atoms with E-state index in [4.69, 9.17) is 10.2 Å². The number of carboxylic acids is 1. The number of thiazole rings is 1. The molecule has 0 amide bonds. The van der Waals surface area contributed by atoms with E-state index in [1.807, 2.05) is 50.2 Å². The third-order valence-electron chi connectivity index (χ3n) is 6.52. The van der Waals surface area contributed by atoms with Crippen molar-refractivity contribution in [2.75, 3.05) is 0 Å². The molecule has 3 N–H and O–H groups in total. The second-order valence-electron chi connectivity index (χ2n) is 9.30. The summed E-state index contributed by atoms with van der Waals surface area (Å²) in [4.78, 5) is 15.6. The molecule has 9 nitrogen and oxygen atoms in total. The van der Waals surface area contributed by atoms with Crippen LogP contribution in [0.1, 0.15) is 38.3 Å². The highest BCUT2D eigenvalue weighted by atomic mass is 32.2. The normalized spacial score (nSPS) is 11.3. The topological polar surface area (TPSA) is 152 Å². The molecule has 2 heterocycles. The number of hydrogen-bond donors (Lipinski definition) is 2. The lowest BCUT2D eigenvalue weighted by Crippen LogP contribution is -2.11. The van der Waals surface area contributed by atoms with Gasteiger partial charge in [0.2, 0.25) is 15.2 Å². The van der Waals surface area contributed by atoms with Crippen molar-refractivity contribution in [1.82, 2.24) is 14.8 Å². The average Bonchev–Trinajstić information content (AvgIpc) is 3.57. The number of rotatable bonds is 7. The Labute approximate surface area is 234 Å². The van der Waals surface area contributed by atoms with E-state index in [1.165, 1.54) is 17.5 Å². The van der Waals surface area contributed by atoms with E-state index in [0.29, 0.717) is 22.8 Å². The summed E-state index contributed by atoms with van der Waals surface area (Å²) in [5, 5.41) is 30.7. The van der Waals surface area contributed by atoms with Gasteiger partial charge in [-0.1, -0.05) is 36.4 Å². The maximum absolute atomic E-state index is 11.7. The van der Waals surface area contributed by atoms with Crippen molar-refractivity contribution in [1.29, 1.82) is 5.26 Å². The summed E-state index contributed by atoms with van der Waals surface area (Å²) < 4.78 is 24.9. The van der Waals surface area contributed by atoms with Crippen molar-refractivity contribution in [2.24, 2.45) is 5.14 Å². The number of primary sulfonamides is 1. The fourth-order valence-corrected chi connectivity index (χ4v) is 5.59. The van der Waals surface area contributed by atoms with E-state index >= 15 is 0 Å². The lowest BCUT2D eigenvalue weighted by Gasteiger charge is -2.11. The molecule has 0 aliphatic rings. The minimum absolute atomic E-state index is 0.0224. The minimum Gasteiger partial charge on any atom is -0.476 e. The number of sulfonamides is 1. The summed E-state index contributed by atoms with van der Waals surface area (Å²) in [5.41, 5.74) is 7.48. The molecule has 0 fully saturated rings. The van der Waals surface area contributed by atoms with Crippen molar-refractivity contribution < 1.29 is 18.3 Å². The van der Waals surface area contributed by atoms with Crippen LogP contribution in [0.5, 0.6) is 0 Å². The van der Waals surface area contributed by atoms with E-state index in [2.05, 4.69) is 11.1 Å². The molecule has 0 saturated carbocycles. The van der Waals surface area contributed by atoms with Gasteiger partial charge in [0.05, 0.1) is 22.2 Å². The van der Waals surface area contributed by atoms with Crippen LogP contribution >= 0.6 is 11.3 Å². The van der Waals surface area contributed by atoms with Crippen LogP contribution in [0.3, 0.4) is 0 Å². The molecule has 0 unspecified atom stereocenters. The van der Waals surface area contributed by atoms with Gasteiger partial charge in [0, 0.05) is 29.1 Å². The Bertz CT molecular complexity index is 1920. The van der Waals surface area contributed by atoms with Crippen molar-refractivity contribution in [3.8, 4) is 33.6 Å². The number of carboxylic acid groups (broad SMARTS) is 1. The Morgan fingerprint density at radius 1 is 1.05 bits per heavy atom. The summed E-state index contributed by atoms with van der Waals surface area (Å²) >= 11 is 1.16. The highest BCUT2D eigenvalue weighted by Gasteiger charge is 2.18. The predicted molar refractivity (Wildman–Crippen MR) is 152 cm³/mol. The Kier molecular flexibility index (Phi) is 7.08. The summed E-state index contributed by atoms with van der Waals surface area (Å²) in [6.45, 7) is 3.90. The van der Waals surface area contributed by atoms with Gasteiger partial charge in [-0.15, -0.1) is 11.3 Å². The quantitative estimate of drug-likeness (QED) is 0.277. The molecule has 2 aromatic heterocycles. The van der Waals surface area contributed by atoms with Gasteiger partial charge in [0.15, 0.2) is 5.69 Å². The van der Waals surface area contributed by atoms with Crippen LogP contribution in [0, 0.1) is 25.2 Å². The van der Waals surface area contributed by atoms with Crippen LogP contribution < -0.4 is 5.14 Å². The fraction of sp³-hybridized carbons (Fsp3) is 0.103. The number of aryl methyl sites for hydroxylation is 2. The van der Waals surface area contributed by atoms with Gasteiger partial charge < -0.3 is 5.11 Å². The molecule has 0 aliphatic carbocycles. The third-order valence-corrected chi connectivity index (χ3v) is 8.28. The van der Waals surface area contributed by atoms with Gasteiger partial charge in [0.25, 0.3) is 0 Å². The summed E-state index contributed by atoms with van der Waals surface area (Å²) in [5.74, 6) is -1.12. The van der Waals surface area contributed by atoms with Crippen LogP contribution in [-0.2, 0) is 16.4 Å². The van der Waals surface area contributed by atoms with Crippen molar-refractivity contribution in [3.05, 3.63) is 106 Å². The fourth-order valence-electron chi connectivity index (χ4n) is 4.35. The Morgan fingerprint density at radius 2 is 1.75 bits per heavy atom. The smallest absolute Gasteiger partial charge is 0.355 e. The zero-order chi connectivity index (χ0) is 28.6. The summed E-state index contributed by atoms with van der Waals surface area (Å²) in [6, 6.07) is 20.3. The number of nitriles is 1. The van der Waals surface area contributed by atoms with E-state index in [0.717, 1.165) is 50.3 Å². The number of nitrogens with zero attached hydrogens (tertiary/aromatic N) is 4. The van der Waals surface area contributed by atoms with Gasteiger partial charge in [-0.25, -0.2) is 28.0 Å². The number of benzene rings is 3. The van der Waals surface area contributed by atoms with Crippen LogP contribution in [0.2, 0.25) is 0 Å². The molecular weight excluding hydrogens is 546 g/mol. The Hall–Kier alpha value is -4.63. The molecule has 0 aliphatic heterocycles. The third kappa shape index (κ3) is 5.41. The molecule has 200 valence electrons. The first-order valence-corrected chi connectivity index (χ1v) is 14.5. The van der Waals surface area contributed by atoms with Crippen molar-refractivity contribution in [3.63, 3.8) is 0 Å². The molecular formula is C29H23N5O4S2. The minimum atomic E-state index is -3.81. The highest BCUT2D eigenvalue weighted by Crippen LogP contribution is 2.33. The lowest BCUT2D eigenvalue weighted by molar-refractivity contribution is 0.0691. The number of hydrogen-bond acceptors (Lipinski definition) is 7. The first-order valence-electron chi connectivity index (χ1n) is 12.0. The number of aromatic nitrogens is 3. The van der Waals surface area contributed by atoms with Gasteiger partial charge in [-0.2, -0.15) is 10.4 Å². The van der Waals surface area contributed by atoms with Gasteiger partial charge >= 0.3 is 5.97 Å². The maximum Gasteiger partial charge on any atom is 0.355 e. The number of carbonyl (C=O) groups is 1. The van der Waals surface area contributed by atoms with E-state index in [1.54, 1.807) is 23.0 Å². The SMILES string of the molecule is Cc1ccc(-c2cc(-c3nn(-c4nc(C(=O)O)cs4)cc3Cc3ccc(S(N)(=O)=O)cc3)ccc2C)cc1C#N. The molecule has 11 heteroatoms. The zero-order valence-electron chi connectivity index (χ0n) is 21.5. The van der Waals surface area contributed by atoms with E-state index in [-0.39, 0.29) is 10.6 Å². The second kappa shape index (κ2) is 10.5. The zero-order valence-corrected chi connectivity index (χ0v) is 23.1. The van der Waals surface area contributed by atoms with Crippen LogP contribution in [-0.4, -0.2) is 34.3 Å². The van der Waals surface area contributed by atoms with Crippen LogP contribution in [0.15, 0.2) is 77.1 Å². The molecule has 0 spiro atoms. The maximum atomic E-state index is 11.7. The molecule has 0 atom stereocenters. The summed E-state index contributed by atoms with van der Waals surface area (Å²) in [7, 11) is -3.81. The van der Waals surface area contributed by atoms with Crippen LogP contribution in [0.4, 0.5) is 0 Å². The van der Waals surface area contributed by atoms with E-state index in [9.17, 15) is 23.6 Å². The first-order chi connectivity index (χ1) is 19.0.